The molecule has 0 rings (SSSR count). The highest BCUT2D eigenvalue weighted by Gasteiger charge is 2.27. The van der Waals surface area contributed by atoms with E-state index in [0.717, 1.165) is 0 Å². The highest BCUT2D eigenvalue weighted by atomic mass is 31.2. The molecule has 0 bridgehead atoms. The number of nitrogens with one attached hydrogen (secondary N) is 1. The van der Waals surface area contributed by atoms with Gasteiger partial charge in [-0.3, -0.25) is 4.57 Å². The molecule has 0 spiro atoms. The van der Waals surface area contributed by atoms with Gasteiger partial charge in [-0.1, -0.05) is 20.4 Å². The molecular weight excluding hydrogens is 213 g/mol. The van der Waals surface area contributed by atoms with Gasteiger partial charge in [0.15, 0.2) is 0 Å². The molecule has 90 valence electrons. The molecule has 0 saturated carbocycles. The van der Waals surface area contributed by atoms with Crippen molar-refractivity contribution in [2.24, 2.45) is 0 Å². The predicted octanol–water partition coefficient (Wildman–Crippen LogP) is 2.76. The molecule has 0 unspecified atom stereocenters. The molecule has 15 heavy (non-hydrogen) atoms. The first-order valence-electron chi connectivity index (χ1n) is 5.27. The summed E-state index contributed by atoms with van der Waals surface area (Å²) in [6.07, 6.45) is 0. The fourth-order valence-corrected chi connectivity index (χ4v) is 2.38. The van der Waals surface area contributed by atoms with E-state index in [1.54, 1.807) is 13.8 Å². The lowest BCUT2D eigenvalue weighted by atomic mass is 10.4. The molecule has 0 aromatic heterocycles. The van der Waals surface area contributed by atoms with E-state index in [-0.39, 0.29) is 0 Å². The van der Waals surface area contributed by atoms with Crippen molar-refractivity contribution in [3.63, 3.8) is 0 Å². The van der Waals surface area contributed by atoms with Crippen LogP contribution in [0.3, 0.4) is 0 Å². The molecule has 0 fully saturated rings. The van der Waals surface area contributed by atoms with Crippen molar-refractivity contribution in [2.45, 2.75) is 33.7 Å². The standard InChI is InChI=1S/C10H22NO3P/c1-6-13-15(12,14-7-2)10(5)8-11-9(3)4/h9,11H,5-8H2,1-4H3. The number of hydrogen-bond donors (Lipinski definition) is 1. The second-order valence-electron chi connectivity index (χ2n) is 3.43. The van der Waals surface area contributed by atoms with Crippen molar-refractivity contribution in [3.05, 3.63) is 11.9 Å². The molecule has 1 N–H and O–H groups in total. The Balaban J connectivity index is 4.35. The minimum Gasteiger partial charge on any atom is -0.310 e. The van der Waals surface area contributed by atoms with Gasteiger partial charge in [0.1, 0.15) is 0 Å². The lowest BCUT2D eigenvalue weighted by Crippen LogP contribution is -2.25. The minimum atomic E-state index is -3.12. The Labute approximate surface area is 92.6 Å². The molecule has 0 aromatic rings. The Morgan fingerprint density at radius 3 is 2.13 bits per heavy atom. The van der Waals surface area contributed by atoms with Crippen LogP contribution in [0.15, 0.2) is 11.9 Å². The highest BCUT2D eigenvalue weighted by Crippen LogP contribution is 2.54. The van der Waals surface area contributed by atoms with Crippen molar-refractivity contribution >= 4 is 7.60 Å². The first-order valence-corrected chi connectivity index (χ1v) is 6.81. The third-order valence-electron chi connectivity index (χ3n) is 1.70. The fourth-order valence-electron chi connectivity index (χ4n) is 0.979. The Morgan fingerprint density at radius 1 is 1.33 bits per heavy atom. The van der Waals surface area contributed by atoms with E-state index in [4.69, 9.17) is 9.05 Å². The maximum absolute atomic E-state index is 12.1. The van der Waals surface area contributed by atoms with E-state index in [1.165, 1.54) is 0 Å². The summed E-state index contributed by atoms with van der Waals surface area (Å²) in [5.74, 6) is 0. The van der Waals surface area contributed by atoms with Gasteiger partial charge in [-0.15, -0.1) is 0 Å². The average Bonchev–Trinajstić information content (AvgIpc) is 2.14. The topological polar surface area (TPSA) is 47.6 Å². The smallest absolute Gasteiger partial charge is 0.310 e. The Morgan fingerprint density at radius 2 is 1.80 bits per heavy atom. The van der Waals surface area contributed by atoms with Crippen LogP contribution in [-0.2, 0) is 13.6 Å². The van der Waals surface area contributed by atoms with Gasteiger partial charge in [0.05, 0.1) is 13.2 Å². The molecule has 0 aliphatic heterocycles. The van der Waals surface area contributed by atoms with Crippen molar-refractivity contribution in [3.8, 4) is 0 Å². The van der Waals surface area contributed by atoms with Crippen molar-refractivity contribution in [2.75, 3.05) is 19.8 Å². The molecule has 4 nitrogen and oxygen atoms in total. The summed E-state index contributed by atoms with van der Waals surface area (Å²) < 4.78 is 22.5. The van der Waals surface area contributed by atoms with E-state index >= 15 is 0 Å². The lowest BCUT2D eigenvalue weighted by Gasteiger charge is -2.20. The first-order chi connectivity index (χ1) is 6.96. The molecule has 0 amide bonds. The first kappa shape index (κ1) is 14.8. The van der Waals surface area contributed by atoms with Crippen LogP contribution in [0.25, 0.3) is 0 Å². The van der Waals surface area contributed by atoms with Gasteiger partial charge in [0, 0.05) is 17.9 Å². The van der Waals surface area contributed by atoms with Crippen LogP contribution in [0.2, 0.25) is 0 Å². The molecule has 0 saturated heterocycles. The Bertz CT molecular complexity index is 231. The Hall–Kier alpha value is -0.150. The van der Waals surface area contributed by atoms with Gasteiger partial charge in [-0.05, 0) is 13.8 Å². The summed E-state index contributed by atoms with van der Waals surface area (Å²) in [5.41, 5.74) is 0. The van der Waals surface area contributed by atoms with Crippen molar-refractivity contribution in [1.29, 1.82) is 0 Å². The second kappa shape index (κ2) is 7.18. The summed E-state index contributed by atoms with van der Waals surface area (Å²) in [7, 11) is -3.12. The monoisotopic (exact) mass is 235 g/mol. The summed E-state index contributed by atoms with van der Waals surface area (Å²) in [4.78, 5) is 0. The molecular formula is C10H22NO3P. The van der Waals surface area contributed by atoms with E-state index in [0.29, 0.717) is 31.1 Å². The molecule has 0 aliphatic rings. The van der Waals surface area contributed by atoms with Gasteiger partial charge < -0.3 is 14.4 Å². The molecule has 0 atom stereocenters. The summed E-state index contributed by atoms with van der Waals surface area (Å²) in [6, 6.07) is 0.318. The zero-order valence-electron chi connectivity index (χ0n) is 10.1. The normalized spacial score (nSPS) is 12.1. The fraction of sp³-hybridized carbons (Fsp3) is 0.800. The van der Waals surface area contributed by atoms with Crippen molar-refractivity contribution < 1.29 is 13.6 Å². The van der Waals surface area contributed by atoms with Crippen molar-refractivity contribution in [1.82, 2.24) is 5.32 Å². The lowest BCUT2D eigenvalue weighted by molar-refractivity contribution is 0.225. The van der Waals surface area contributed by atoms with Gasteiger partial charge >= 0.3 is 7.60 Å². The molecule has 0 aromatic carbocycles. The van der Waals surface area contributed by atoms with Crippen LogP contribution in [0.4, 0.5) is 0 Å². The van der Waals surface area contributed by atoms with E-state index < -0.39 is 7.60 Å². The zero-order valence-corrected chi connectivity index (χ0v) is 11.0. The van der Waals surface area contributed by atoms with E-state index in [1.807, 2.05) is 13.8 Å². The minimum absolute atomic E-state index is 0.318. The van der Waals surface area contributed by atoms with Crippen LogP contribution in [0, 0.1) is 0 Å². The SMILES string of the molecule is C=C(CNC(C)C)P(=O)(OCC)OCC. The predicted molar refractivity (Wildman–Crippen MR) is 63.1 cm³/mol. The van der Waals surface area contributed by atoms with E-state index in [2.05, 4.69) is 11.9 Å². The highest BCUT2D eigenvalue weighted by molar-refractivity contribution is 7.58. The third-order valence-corrected chi connectivity index (χ3v) is 3.83. The molecule has 0 aliphatic carbocycles. The zero-order chi connectivity index (χ0) is 11.9. The number of hydrogen-bond acceptors (Lipinski definition) is 4. The Kier molecular flexibility index (Phi) is 7.11. The van der Waals surface area contributed by atoms with Crippen LogP contribution in [0.5, 0.6) is 0 Å². The van der Waals surface area contributed by atoms with Gasteiger partial charge in [0.2, 0.25) is 0 Å². The van der Waals surface area contributed by atoms with Gasteiger partial charge in [-0.25, -0.2) is 0 Å². The van der Waals surface area contributed by atoms with Crippen LogP contribution in [-0.4, -0.2) is 25.8 Å². The van der Waals surface area contributed by atoms with Crippen LogP contribution >= 0.6 is 7.60 Å². The van der Waals surface area contributed by atoms with Crippen LogP contribution in [0.1, 0.15) is 27.7 Å². The number of rotatable bonds is 8. The average molecular weight is 235 g/mol. The second-order valence-corrected chi connectivity index (χ2v) is 5.58. The molecule has 0 radical (unpaired) electrons. The summed E-state index contributed by atoms with van der Waals surface area (Å²) >= 11 is 0. The summed E-state index contributed by atoms with van der Waals surface area (Å²) in [5, 5.41) is 3.62. The van der Waals surface area contributed by atoms with Crippen LogP contribution < -0.4 is 5.32 Å². The quantitative estimate of drug-likeness (QED) is 0.657. The maximum Gasteiger partial charge on any atom is 0.358 e. The largest absolute Gasteiger partial charge is 0.358 e. The molecule has 5 heteroatoms. The van der Waals surface area contributed by atoms with Gasteiger partial charge in [0.25, 0.3) is 0 Å². The van der Waals surface area contributed by atoms with Gasteiger partial charge in [-0.2, -0.15) is 0 Å². The maximum atomic E-state index is 12.1. The van der Waals surface area contributed by atoms with E-state index in [9.17, 15) is 4.57 Å². The third kappa shape index (κ3) is 5.47. The molecule has 0 heterocycles. The summed E-state index contributed by atoms with van der Waals surface area (Å²) in [6.45, 7) is 12.5.